The molecule has 0 N–H and O–H groups in total. The number of hydrogen-bond acceptors (Lipinski definition) is 6. The average Bonchev–Trinajstić information content (AvgIpc) is 2.74. The second-order valence-electron chi connectivity index (χ2n) is 6.83. The molecule has 0 amide bonds. The standard InChI is InChI=1S/C22H16N2O4/c1-27-21(25)17-13-7-8-14(18(17)22(26)28-2)20-19(13)23-15-9-11-5-3-4-6-12(11)10-16(15)24-20/h3-10,13-14H,1-2H3. The lowest BCUT2D eigenvalue weighted by Crippen LogP contribution is -2.32. The molecule has 0 saturated carbocycles. The van der Waals surface area contributed by atoms with Gasteiger partial charge in [-0.2, -0.15) is 0 Å². The molecule has 3 aliphatic carbocycles. The number of carbonyl (C=O) groups excluding carboxylic acids is 2. The van der Waals surface area contributed by atoms with Crippen molar-refractivity contribution in [1.82, 2.24) is 9.97 Å². The molecule has 0 fully saturated rings. The van der Waals surface area contributed by atoms with Crippen LogP contribution >= 0.6 is 0 Å². The molecule has 28 heavy (non-hydrogen) atoms. The number of aromatic nitrogens is 2. The quantitative estimate of drug-likeness (QED) is 0.391. The number of benzene rings is 2. The fourth-order valence-electron chi connectivity index (χ4n) is 4.13. The zero-order valence-corrected chi connectivity index (χ0v) is 15.3. The number of ether oxygens (including phenoxy) is 2. The van der Waals surface area contributed by atoms with Crippen molar-refractivity contribution >= 4 is 33.7 Å². The van der Waals surface area contributed by atoms with E-state index < -0.39 is 23.8 Å². The van der Waals surface area contributed by atoms with Crippen molar-refractivity contribution in [1.29, 1.82) is 0 Å². The molecule has 1 aromatic heterocycles. The summed E-state index contributed by atoms with van der Waals surface area (Å²) in [5.74, 6) is -2.06. The van der Waals surface area contributed by atoms with E-state index in [4.69, 9.17) is 19.4 Å². The Morgan fingerprint density at radius 2 is 1.21 bits per heavy atom. The summed E-state index contributed by atoms with van der Waals surface area (Å²) in [4.78, 5) is 34.6. The SMILES string of the molecule is COC(=O)C1=C(C(=O)OC)C2C=CC1c1nc3cc4ccccc4cc3nc12. The van der Waals surface area contributed by atoms with E-state index in [9.17, 15) is 9.59 Å². The second kappa shape index (κ2) is 5.99. The van der Waals surface area contributed by atoms with E-state index >= 15 is 0 Å². The number of fused-ring (bicyclic) bond motifs is 2. The van der Waals surface area contributed by atoms with Crippen LogP contribution in [0.5, 0.6) is 0 Å². The molecule has 6 rings (SSSR count). The lowest BCUT2D eigenvalue weighted by atomic mass is 9.71. The van der Waals surface area contributed by atoms with Crippen molar-refractivity contribution in [3.63, 3.8) is 0 Å². The van der Waals surface area contributed by atoms with E-state index in [2.05, 4.69) is 0 Å². The van der Waals surface area contributed by atoms with Gasteiger partial charge in [-0.05, 0) is 22.9 Å². The van der Waals surface area contributed by atoms with Crippen LogP contribution in [0, 0.1) is 0 Å². The van der Waals surface area contributed by atoms with Crippen LogP contribution in [0.4, 0.5) is 0 Å². The summed E-state index contributed by atoms with van der Waals surface area (Å²) in [5, 5.41) is 2.14. The van der Waals surface area contributed by atoms with Gasteiger partial charge in [-0.1, -0.05) is 36.4 Å². The minimum absolute atomic E-state index is 0.281. The summed E-state index contributed by atoms with van der Waals surface area (Å²) in [6, 6.07) is 12.0. The second-order valence-corrected chi connectivity index (χ2v) is 6.83. The zero-order chi connectivity index (χ0) is 19.4. The van der Waals surface area contributed by atoms with E-state index in [1.807, 2.05) is 48.6 Å². The summed E-state index contributed by atoms with van der Waals surface area (Å²) >= 11 is 0. The van der Waals surface area contributed by atoms with Gasteiger partial charge >= 0.3 is 11.9 Å². The third-order valence-corrected chi connectivity index (χ3v) is 5.40. The van der Waals surface area contributed by atoms with Gasteiger partial charge in [0, 0.05) is 0 Å². The average molecular weight is 372 g/mol. The molecule has 2 bridgehead atoms. The summed E-state index contributed by atoms with van der Waals surface area (Å²) in [7, 11) is 2.60. The predicted molar refractivity (Wildman–Crippen MR) is 103 cm³/mol. The largest absolute Gasteiger partial charge is 0.466 e. The van der Waals surface area contributed by atoms with E-state index in [-0.39, 0.29) is 11.1 Å². The fraction of sp³-hybridized carbons (Fsp3) is 0.182. The molecular weight excluding hydrogens is 356 g/mol. The van der Waals surface area contributed by atoms with Gasteiger partial charge in [-0.3, -0.25) is 0 Å². The van der Waals surface area contributed by atoms with Gasteiger partial charge in [-0.15, -0.1) is 0 Å². The molecule has 6 heteroatoms. The van der Waals surface area contributed by atoms with Crippen molar-refractivity contribution in [3.05, 3.63) is 71.1 Å². The molecule has 0 saturated heterocycles. The maximum atomic E-state index is 12.5. The molecule has 3 aliphatic rings. The number of allylic oxidation sites excluding steroid dienone is 2. The number of esters is 2. The summed E-state index contributed by atoms with van der Waals surface area (Å²) < 4.78 is 9.88. The molecule has 2 aromatic carbocycles. The monoisotopic (exact) mass is 372 g/mol. The highest BCUT2D eigenvalue weighted by molar-refractivity contribution is 6.05. The molecule has 1 heterocycles. The molecule has 2 atom stereocenters. The van der Waals surface area contributed by atoms with Gasteiger partial charge in [0.2, 0.25) is 0 Å². The maximum absolute atomic E-state index is 12.5. The van der Waals surface area contributed by atoms with E-state index in [0.717, 1.165) is 21.8 Å². The molecule has 138 valence electrons. The van der Waals surface area contributed by atoms with Crippen molar-refractivity contribution < 1.29 is 19.1 Å². The van der Waals surface area contributed by atoms with Crippen LogP contribution < -0.4 is 0 Å². The van der Waals surface area contributed by atoms with Gasteiger partial charge < -0.3 is 9.47 Å². The van der Waals surface area contributed by atoms with Gasteiger partial charge in [-0.25, -0.2) is 19.6 Å². The molecule has 0 radical (unpaired) electrons. The fourth-order valence-corrected chi connectivity index (χ4v) is 4.13. The lowest BCUT2D eigenvalue weighted by molar-refractivity contribution is -0.139. The first kappa shape index (κ1) is 16.6. The number of rotatable bonds is 2. The highest BCUT2D eigenvalue weighted by atomic mass is 16.5. The van der Waals surface area contributed by atoms with Crippen LogP contribution in [0.15, 0.2) is 59.7 Å². The van der Waals surface area contributed by atoms with Gasteiger partial charge in [0.25, 0.3) is 0 Å². The van der Waals surface area contributed by atoms with Crippen molar-refractivity contribution in [2.45, 2.75) is 11.8 Å². The number of methoxy groups -OCH3 is 2. The Kier molecular flexibility index (Phi) is 3.55. The topological polar surface area (TPSA) is 78.4 Å². The Morgan fingerprint density at radius 3 is 1.61 bits per heavy atom. The lowest BCUT2D eigenvalue weighted by Gasteiger charge is -2.34. The first-order valence-corrected chi connectivity index (χ1v) is 8.91. The number of carbonyl (C=O) groups is 2. The summed E-state index contributed by atoms with van der Waals surface area (Å²) in [5.41, 5.74) is 3.43. The van der Waals surface area contributed by atoms with Crippen LogP contribution in [0.3, 0.4) is 0 Å². The summed E-state index contributed by atoms with van der Waals surface area (Å²) in [6.07, 6.45) is 3.76. The van der Waals surface area contributed by atoms with Gasteiger partial charge in [0.1, 0.15) is 0 Å². The molecule has 0 aliphatic heterocycles. The first-order chi connectivity index (χ1) is 13.6. The Hall–Kier alpha value is -3.54. The first-order valence-electron chi connectivity index (χ1n) is 8.91. The van der Waals surface area contributed by atoms with Crippen LogP contribution in [0.2, 0.25) is 0 Å². The normalized spacial score (nSPS) is 19.8. The minimum Gasteiger partial charge on any atom is -0.466 e. The Labute approximate surface area is 160 Å². The molecule has 0 spiro atoms. The predicted octanol–water partition coefficient (Wildman–Crippen LogP) is 3.18. The third kappa shape index (κ3) is 2.21. The highest BCUT2D eigenvalue weighted by Gasteiger charge is 2.44. The van der Waals surface area contributed by atoms with Crippen molar-refractivity contribution in [2.24, 2.45) is 0 Å². The van der Waals surface area contributed by atoms with Crippen LogP contribution in [-0.2, 0) is 19.1 Å². The van der Waals surface area contributed by atoms with Crippen LogP contribution in [0.25, 0.3) is 21.8 Å². The third-order valence-electron chi connectivity index (χ3n) is 5.40. The zero-order valence-electron chi connectivity index (χ0n) is 15.3. The van der Waals surface area contributed by atoms with Crippen molar-refractivity contribution in [2.75, 3.05) is 14.2 Å². The molecule has 3 aromatic rings. The van der Waals surface area contributed by atoms with Crippen LogP contribution in [0.1, 0.15) is 23.2 Å². The van der Waals surface area contributed by atoms with E-state index in [1.165, 1.54) is 14.2 Å². The number of nitrogens with zero attached hydrogens (tertiary/aromatic N) is 2. The minimum atomic E-state index is -0.550. The van der Waals surface area contributed by atoms with Gasteiger partial charge in [0.05, 0.1) is 59.6 Å². The number of hydrogen-bond donors (Lipinski definition) is 0. The van der Waals surface area contributed by atoms with E-state index in [1.54, 1.807) is 0 Å². The summed E-state index contributed by atoms with van der Waals surface area (Å²) in [6.45, 7) is 0. The smallest absolute Gasteiger partial charge is 0.335 e. The Bertz CT molecular complexity index is 1150. The van der Waals surface area contributed by atoms with Gasteiger partial charge in [0.15, 0.2) is 0 Å². The molecule has 6 nitrogen and oxygen atoms in total. The highest BCUT2D eigenvalue weighted by Crippen LogP contribution is 2.48. The maximum Gasteiger partial charge on any atom is 0.335 e. The molecule has 2 unspecified atom stereocenters. The Morgan fingerprint density at radius 1 is 0.786 bits per heavy atom. The van der Waals surface area contributed by atoms with Crippen molar-refractivity contribution in [3.8, 4) is 0 Å². The van der Waals surface area contributed by atoms with E-state index in [0.29, 0.717) is 11.4 Å². The van der Waals surface area contributed by atoms with Crippen LogP contribution in [-0.4, -0.2) is 36.1 Å². The molecular formula is C22H16N2O4. The Balaban J connectivity index is 1.78.